The summed E-state index contributed by atoms with van der Waals surface area (Å²) >= 11 is 0. The molecule has 0 radical (unpaired) electrons. The molecule has 100 valence electrons. The molecule has 0 aromatic carbocycles. The number of likely N-dealkylation sites (tertiary alicyclic amines) is 1. The van der Waals surface area contributed by atoms with Crippen LogP contribution in [0.25, 0.3) is 0 Å². The molecule has 0 N–H and O–H groups in total. The molecule has 0 aromatic heterocycles. The Hall–Kier alpha value is -0.610. The number of hydrogen-bond acceptors (Lipinski definition) is 3. The SMILES string of the molecule is CC(C)OCCN1CCC(C(=O)N(C)C)CC1. The first-order valence-corrected chi connectivity index (χ1v) is 6.56. The van der Waals surface area contributed by atoms with Crippen LogP contribution >= 0.6 is 0 Å². The van der Waals surface area contributed by atoms with Crippen molar-refractivity contribution in [3.63, 3.8) is 0 Å². The minimum atomic E-state index is 0.229. The topological polar surface area (TPSA) is 32.8 Å². The fourth-order valence-corrected chi connectivity index (χ4v) is 2.19. The van der Waals surface area contributed by atoms with Gasteiger partial charge in [0, 0.05) is 26.6 Å². The molecular weight excluding hydrogens is 216 g/mol. The van der Waals surface area contributed by atoms with Gasteiger partial charge in [-0.2, -0.15) is 0 Å². The van der Waals surface area contributed by atoms with Gasteiger partial charge in [-0.15, -0.1) is 0 Å². The Labute approximate surface area is 105 Å². The molecule has 17 heavy (non-hydrogen) atoms. The van der Waals surface area contributed by atoms with Gasteiger partial charge >= 0.3 is 0 Å². The Morgan fingerprint density at radius 1 is 1.35 bits per heavy atom. The molecule has 0 aromatic rings. The number of ether oxygens (including phenoxy) is 1. The van der Waals surface area contributed by atoms with E-state index >= 15 is 0 Å². The highest BCUT2D eigenvalue weighted by Crippen LogP contribution is 2.18. The molecule has 1 fully saturated rings. The van der Waals surface area contributed by atoms with Crippen molar-refractivity contribution in [3.05, 3.63) is 0 Å². The van der Waals surface area contributed by atoms with Gasteiger partial charge in [0.25, 0.3) is 0 Å². The molecular formula is C13H26N2O2. The van der Waals surface area contributed by atoms with Crippen LogP contribution in [0.1, 0.15) is 26.7 Å². The van der Waals surface area contributed by atoms with Crippen molar-refractivity contribution in [2.24, 2.45) is 5.92 Å². The smallest absolute Gasteiger partial charge is 0.225 e. The van der Waals surface area contributed by atoms with Crippen molar-refractivity contribution >= 4 is 5.91 Å². The Bertz CT molecular complexity index is 234. The average molecular weight is 242 g/mol. The number of carbonyl (C=O) groups is 1. The van der Waals surface area contributed by atoms with Gasteiger partial charge in [0.15, 0.2) is 0 Å². The van der Waals surface area contributed by atoms with Crippen LogP contribution in [0.2, 0.25) is 0 Å². The van der Waals surface area contributed by atoms with E-state index in [2.05, 4.69) is 18.7 Å². The van der Waals surface area contributed by atoms with Gasteiger partial charge < -0.3 is 14.5 Å². The van der Waals surface area contributed by atoms with Gasteiger partial charge in [-0.1, -0.05) is 0 Å². The van der Waals surface area contributed by atoms with Crippen LogP contribution in [-0.4, -0.2) is 62.1 Å². The number of amides is 1. The van der Waals surface area contributed by atoms with Crippen LogP contribution < -0.4 is 0 Å². The van der Waals surface area contributed by atoms with E-state index in [4.69, 9.17) is 4.74 Å². The van der Waals surface area contributed by atoms with E-state index in [1.54, 1.807) is 4.90 Å². The van der Waals surface area contributed by atoms with Crippen LogP contribution in [0.4, 0.5) is 0 Å². The monoisotopic (exact) mass is 242 g/mol. The predicted molar refractivity (Wildman–Crippen MR) is 68.9 cm³/mol. The van der Waals surface area contributed by atoms with Gasteiger partial charge in [0.05, 0.1) is 12.7 Å². The first-order chi connectivity index (χ1) is 8.00. The van der Waals surface area contributed by atoms with Crippen LogP contribution in [-0.2, 0) is 9.53 Å². The van der Waals surface area contributed by atoms with Crippen molar-refractivity contribution in [2.45, 2.75) is 32.8 Å². The zero-order valence-electron chi connectivity index (χ0n) is 11.6. The lowest BCUT2D eigenvalue weighted by Crippen LogP contribution is -2.41. The lowest BCUT2D eigenvalue weighted by Gasteiger charge is -2.32. The first kappa shape index (κ1) is 14.5. The molecule has 1 rings (SSSR count). The first-order valence-electron chi connectivity index (χ1n) is 6.56. The Balaban J connectivity index is 2.19. The van der Waals surface area contributed by atoms with Crippen LogP contribution in [0.5, 0.6) is 0 Å². The maximum Gasteiger partial charge on any atom is 0.225 e. The van der Waals surface area contributed by atoms with Crippen molar-refractivity contribution in [1.29, 1.82) is 0 Å². The summed E-state index contributed by atoms with van der Waals surface area (Å²) in [5.41, 5.74) is 0. The minimum absolute atomic E-state index is 0.229. The van der Waals surface area contributed by atoms with E-state index in [-0.39, 0.29) is 11.8 Å². The third-order valence-corrected chi connectivity index (χ3v) is 3.24. The molecule has 1 heterocycles. The molecule has 1 aliphatic heterocycles. The maximum absolute atomic E-state index is 11.8. The molecule has 1 amide bonds. The Morgan fingerprint density at radius 3 is 2.41 bits per heavy atom. The van der Waals surface area contributed by atoms with Crippen LogP contribution in [0, 0.1) is 5.92 Å². The third kappa shape index (κ3) is 5.04. The van der Waals surface area contributed by atoms with E-state index in [0.717, 1.165) is 39.1 Å². The van der Waals surface area contributed by atoms with Crippen molar-refractivity contribution < 1.29 is 9.53 Å². The maximum atomic E-state index is 11.8. The van der Waals surface area contributed by atoms with Gasteiger partial charge in [-0.05, 0) is 39.8 Å². The van der Waals surface area contributed by atoms with Crippen molar-refractivity contribution in [2.75, 3.05) is 40.3 Å². The fraction of sp³-hybridized carbons (Fsp3) is 0.923. The molecule has 0 spiro atoms. The number of rotatable bonds is 5. The number of piperidine rings is 1. The molecule has 4 nitrogen and oxygen atoms in total. The average Bonchev–Trinajstić information content (AvgIpc) is 2.28. The molecule has 0 saturated carbocycles. The van der Waals surface area contributed by atoms with Crippen molar-refractivity contribution in [1.82, 2.24) is 9.80 Å². The van der Waals surface area contributed by atoms with Crippen LogP contribution in [0.15, 0.2) is 0 Å². The summed E-state index contributed by atoms with van der Waals surface area (Å²) in [5.74, 6) is 0.510. The molecule has 1 saturated heterocycles. The summed E-state index contributed by atoms with van der Waals surface area (Å²) < 4.78 is 5.54. The summed E-state index contributed by atoms with van der Waals surface area (Å²) in [5, 5.41) is 0. The minimum Gasteiger partial charge on any atom is -0.377 e. The largest absolute Gasteiger partial charge is 0.377 e. The van der Waals surface area contributed by atoms with E-state index in [1.165, 1.54) is 0 Å². The zero-order chi connectivity index (χ0) is 12.8. The predicted octanol–water partition coefficient (Wildman–Crippen LogP) is 1.21. The lowest BCUT2D eigenvalue weighted by atomic mass is 9.95. The highest BCUT2D eigenvalue weighted by molar-refractivity contribution is 5.78. The van der Waals surface area contributed by atoms with E-state index in [1.807, 2.05) is 14.1 Å². The zero-order valence-corrected chi connectivity index (χ0v) is 11.6. The highest BCUT2D eigenvalue weighted by atomic mass is 16.5. The number of carbonyl (C=O) groups excluding carboxylic acids is 1. The van der Waals surface area contributed by atoms with E-state index in [9.17, 15) is 4.79 Å². The Kier molecular flexibility index (Phi) is 5.92. The summed E-state index contributed by atoms with van der Waals surface area (Å²) in [6, 6.07) is 0. The summed E-state index contributed by atoms with van der Waals surface area (Å²) in [7, 11) is 3.68. The number of hydrogen-bond donors (Lipinski definition) is 0. The molecule has 0 unspecified atom stereocenters. The Morgan fingerprint density at radius 2 is 1.94 bits per heavy atom. The molecule has 1 aliphatic rings. The summed E-state index contributed by atoms with van der Waals surface area (Å²) in [4.78, 5) is 15.9. The normalized spacial score (nSPS) is 18.6. The van der Waals surface area contributed by atoms with Gasteiger partial charge in [0.1, 0.15) is 0 Å². The summed E-state index contributed by atoms with van der Waals surface area (Å²) in [6.45, 7) is 7.94. The molecule has 0 aliphatic carbocycles. The quantitative estimate of drug-likeness (QED) is 0.726. The van der Waals surface area contributed by atoms with E-state index < -0.39 is 0 Å². The summed E-state index contributed by atoms with van der Waals surface area (Å²) in [6.07, 6.45) is 2.28. The molecule has 4 heteroatoms. The second kappa shape index (κ2) is 6.97. The van der Waals surface area contributed by atoms with Gasteiger partial charge in [-0.25, -0.2) is 0 Å². The number of nitrogens with zero attached hydrogens (tertiary/aromatic N) is 2. The highest BCUT2D eigenvalue weighted by Gasteiger charge is 2.25. The van der Waals surface area contributed by atoms with Gasteiger partial charge in [0.2, 0.25) is 5.91 Å². The standard InChI is InChI=1S/C13H26N2O2/c1-11(2)17-10-9-15-7-5-12(6-8-15)13(16)14(3)4/h11-12H,5-10H2,1-4H3. The fourth-order valence-electron chi connectivity index (χ4n) is 2.19. The van der Waals surface area contributed by atoms with E-state index in [0.29, 0.717) is 6.10 Å². The van der Waals surface area contributed by atoms with Crippen LogP contribution in [0.3, 0.4) is 0 Å². The van der Waals surface area contributed by atoms with Crippen molar-refractivity contribution in [3.8, 4) is 0 Å². The third-order valence-electron chi connectivity index (χ3n) is 3.24. The molecule has 0 atom stereocenters. The second-order valence-electron chi connectivity index (χ2n) is 5.27. The second-order valence-corrected chi connectivity index (χ2v) is 5.27. The molecule has 0 bridgehead atoms. The van der Waals surface area contributed by atoms with Gasteiger partial charge in [-0.3, -0.25) is 4.79 Å². The lowest BCUT2D eigenvalue weighted by molar-refractivity contribution is -0.134.